The van der Waals surface area contributed by atoms with E-state index in [9.17, 15) is 4.79 Å². The van der Waals surface area contributed by atoms with Crippen molar-refractivity contribution < 1.29 is 9.21 Å². The molecule has 5 rings (SSSR count). The molecule has 1 fully saturated rings. The molecule has 1 spiro atoms. The third-order valence-corrected chi connectivity index (χ3v) is 6.67. The van der Waals surface area contributed by atoms with E-state index in [2.05, 4.69) is 45.8 Å². The number of nitrogens with zero attached hydrogens (tertiary/aromatic N) is 4. The Morgan fingerprint density at radius 1 is 1.27 bits per heavy atom. The maximum absolute atomic E-state index is 13.2. The van der Waals surface area contributed by atoms with Crippen LogP contribution in [0.4, 0.5) is 5.69 Å². The molecule has 1 saturated heterocycles. The summed E-state index contributed by atoms with van der Waals surface area (Å²) in [4.78, 5) is 22.4. The molecule has 0 aliphatic carbocycles. The Balaban J connectivity index is 1.56. The van der Waals surface area contributed by atoms with E-state index >= 15 is 0 Å². The number of hydrogen-bond donors (Lipinski definition) is 0. The van der Waals surface area contributed by atoms with Gasteiger partial charge in [-0.05, 0) is 62.6 Å². The smallest absolute Gasteiger partial charge is 0.289 e. The summed E-state index contributed by atoms with van der Waals surface area (Å²) in [6.07, 6.45) is 7.05. The van der Waals surface area contributed by atoms with Gasteiger partial charge in [0.15, 0.2) is 11.6 Å². The number of fused-ring (bicyclic) bond motifs is 4. The fourth-order valence-electron chi connectivity index (χ4n) is 4.98. The van der Waals surface area contributed by atoms with Gasteiger partial charge in [0.1, 0.15) is 11.3 Å². The minimum atomic E-state index is -0.249. The van der Waals surface area contributed by atoms with E-state index in [0.29, 0.717) is 18.8 Å². The number of carbonyl (C=O) groups is 1. The molecule has 3 aromatic heterocycles. The SMILES string of the molecule is CCCCN1c2cccnc2-n2cccc2[C@]12CCN(C(=O)c1cc(C)c(C)o1)C2. The maximum atomic E-state index is 13.2. The molecule has 156 valence electrons. The lowest BCUT2D eigenvalue weighted by Crippen LogP contribution is -2.53. The number of unbranched alkanes of at least 4 members (excludes halogenated alkanes) is 1. The van der Waals surface area contributed by atoms with Crippen molar-refractivity contribution in [2.45, 2.75) is 45.6 Å². The molecule has 0 N–H and O–H groups in total. The van der Waals surface area contributed by atoms with Gasteiger partial charge >= 0.3 is 0 Å². The molecule has 0 bridgehead atoms. The first kappa shape index (κ1) is 19.0. The van der Waals surface area contributed by atoms with Crippen molar-refractivity contribution in [1.29, 1.82) is 0 Å². The van der Waals surface area contributed by atoms with Crippen molar-refractivity contribution in [2.24, 2.45) is 0 Å². The molecule has 2 aliphatic heterocycles. The van der Waals surface area contributed by atoms with Gasteiger partial charge in [0.05, 0.1) is 17.9 Å². The lowest BCUT2D eigenvalue weighted by atomic mass is 9.88. The third kappa shape index (κ3) is 2.70. The Morgan fingerprint density at radius 2 is 2.13 bits per heavy atom. The molecule has 30 heavy (non-hydrogen) atoms. The van der Waals surface area contributed by atoms with Crippen LogP contribution in [0.2, 0.25) is 0 Å². The lowest BCUT2D eigenvalue weighted by Gasteiger charge is -2.47. The first-order valence-electron chi connectivity index (χ1n) is 10.8. The van der Waals surface area contributed by atoms with E-state index in [0.717, 1.165) is 48.6 Å². The molecule has 6 heteroatoms. The summed E-state index contributed by atoms with van der Waals surface area (Å²) in [5.41, 5.74) is 3.13. The van der Waals surface area contributed by atoms with Gasteiger partial charge in [-0.2, -0.15) is 0 Å². The van der Waals surface area contributed by atoms with E-state index < -0.39 is 0 Å². The Labute approximate surface area is 177 Å². The first-order valence-corrected chi connectivity index (χ1v) is 10.8. The number of aromatic nitrogens is 2. The minimum Gasteiger partial charge on any atom is -0.456 e. The second-order valence-electron chi connectivity index (χ2n) is 8.47. The summed E-state index contributed by atoms with van der Waals surface area (Å²) >= 11 is 0. The van der Waals surface area contributed by atoms with Gasteiger partial charge in [-0.25, -0.2) is 4.98 Å². The van der Waals surface area contributed by atoms with E-state index in [1.165, 1.54) is 5.69 Å². The van der Waals surface area contributed by atoms with E-state index in [-0.39, 0.29) is 11.4 Å². The number of amides is 1. The van der Waals surface area contributed by atoms with Crippen LogP contribution in [0.25, 0.3) is 5.82 Å². The molecule has 0 saturated carbocycles. The Bertz CT molecular complexity index is 1080. The van der Waals surface area contributed by atoms with Crippen molar-refractivity contribution in [1.82, 2.24) is 14.5 Å². The van der Waals surface area contributed by atoms with Crippen LogP contribution < -0.4 is 4.90 Å². The van der Waals surface area contributed by atoms with Crippen molar-refractivity contribution in [3.05, 3.63) is 65.5 Å². The number of likely N-dealkylation sites (tertiary alicyclic amines) is 1. The highest BCUT2D eigenvalue weighted by Gasteiger charge is 2.50. The number of pyridine rings is 1. The number of furan rings is 1. The average molecular weight is 405 g/mol. The van der Waals surface area contributed by atoms with Crippen molar-refractivity contribution in [2.75, 3.05) is 24.5 Å². The summed E-state index contributed by atoms with van der Waals surface area (Å²) in [6, 6.07) is 10.3. The molecule has 3 aromatic rings. The standard InChI is InChI=1S/C24H28N4O2/c1-4-5-13-28-19-8-6-11-25-22(19)27-12-7-9-21(27)24(28)10-14-26(16-24)23(29)20-15-17(2)18(3)30-20/h6-9,11-12,15H,4-5,10,13-14,16H2,1-3H3/t24-/m1/s1. The summed E-state index contributed by atoms with van der Waals surface area (Å²) < 4.78 is 7.95. The van der Waals surface area contributed by atoms with Gasteiger partial charge in [0.2, 0.25) is 0 Å². The van der Waals surface area contributed by atoms with Gasteiger partial charge in [0.25, 0.3) is 5.91 Å². The summed E-state index contributed by atoms with van der Waals surface area (Å²) in [5, 5.41) is 0. The lowest BCUT2D eigenvalue weighted by molar-refractivity contribution is 0.0749. The summed E-state index contributed by atoms with van der Waals surface area (Å²) in [6.45, 7) is 8.40. The van der Waals surface area contributed by atoms with Crippen LogP contribution in [0.3, 0.4) is 0 Å². The van der Waals surface area contributed by atoms with Gasteiger partial charge in [-0.15, -0.1) is 0 Å². The fourth-order valence-corrected chi connectivity index (χ4v) is 4.98. The zero-order chi connectivity index (χ0) is 20.9. The van der Waals surface area contributed by atoms with Gasteiger partial charge in [-0.3, -0.25) is 4.79 Å². The van der Waals surface area contributed by atoms with Crippen LogP contribution in [0, 0.1) is 13.8 Å². The van der Waals surface area contributed by atoms with Crippen LogP contribution in [-0.4, -0.2) is 40.0 Å². The second-order valence-corrected chi connectivity index (χ2v) is 8.47. The fraction of sp³-hybridized carbons (Fsp3) is 0.417. The highest BCUT2D eigenvalue weighted by atomic mass is 16.4. The average Bonchev–Trinajstić information content (AvgIpc) is 3.48. The molecule has 1 atom stereocenters. The number of anilines is 1. The van der Waals surface area contributed by atoms with Crippen molar-refractivity contribution >= 4 is 11.6 Å². The van der Waals surface area contributed by atoms with Crippen molar-refractivity contribution in [3.8, 4) is 5.82 Å². The number of aryl methyl sites for hydroxylation is 2. The molecule has 6 nitrogen and oxygen atoms in total. The van der Waals surface area contributed by atoms with E-state index in [1.807, 2.05) is 37.1 Å². The predicted octanol–water partition coefficient (Wildman–Crippen LogP) is 4.44. The van der Waals surface area contributed by atoms with Gasteiger partial charge in [0, 0.05) is 25.5 Å². The molecule has 0 aromatic carbocycles. The van der Waals surface area contributed by atoms with Crippen molar-refractivity contribution in [3.63, 3.8) is 0 Å². The molecular formula is C24H28N4O2. The van der Waals surface area contributed by atoms with Crippen LogP contribution in [0.1, 0.15) is 53.8 Å². The number of carbonyl (C=O) groups excluding carboxylic acids is 1. The van der Waals surface area contributed by atoms with Crippen LogP contribution >= 0.6 is 0 Å². The Morgan fingerprint density at radius 3 is 2.90 bits per heavy atom. The molecular weight excluding hydrogens is 376 g/mol. The van der Waals surface area contributed by atoms with Crippen LogP contribution in [0.5, 0.6) is 0 Å². The van der Waals surface area contributed by atoms with E-state index in [4.69, 9.17) is 4.42 Å². The zero-order valence-corrected chi connectivity index (χ0v) is 17.9. The molecule has 1 amide bonds. The largest absolute Gasteiger partial charge is 0.456 e. The quantitative estimate of drug-likeness (QED) is 0.645. The van der Waals surface area contributed by atoms with Crippen LogP contribution in [0.15, 0.2) is 47.1 Å². The number of hydrogen-bond acceptors (Lipinski definition) is 4. The minimum absolute atomic E-state index is 0.0198. The highest BCUT2D eigenvalue weighted by Crippen LogP contribution is 2.47. The zero-order valence-electron chi connectivity index (χ0n) is 17.9. The predicted molar refractivity (Wildman–Crippen MR) is 116 cm³/mol. The second kappa shape index (κ2) is 7.04. The molecule has 0 unspecified atom stereocenters. The molecule has 5 heterocycles. The van der Waals surface area contributed by atoms with Gasteiger partial charge in [-0.1, -0.05) is 13.3 Å². The first-order chi connectivity index (χ1) is 14.5. The summed E-state index contributed by atoms with van der Waals surface area (Å²) in [5.74, 6) is 2.20. The van der Waals surface area contributed by atoms with Crippen LogP contribution in [-0.2, 0) is 5.54 Å². The third-order valence-electron chi connectivity index (χ3n) is 6.67. The number of rotatable bonds is 4. The Hall–Kier alpha value is -3.02. The molecule has 2 aliphatic rings. The molecule has 0 radical (unpaired) electrons. The van der Waals surface area contributed by atoms with Gasteiger partial charge < -0.3 is 18.8 Å². The maximum Gasteiger partial charge on any atom is 0.289 e. The monoisotopic (exact) mass is 404 g/mol. The van der Waals surface area contributed by atoms with E-state index in [1.54, 1.807) is 0 Å². The Kier molecular flexibility index (Phi) is 4.45. The summed E-state index contributed by atoms with van der Waals surface area (Å²) in [7, 11) is 0. The highest BCUT2D eigenvalue weighted by molar-refractivity contribution is 5.92. The normalized spacial score (nSPS) is 20.0. The topological polar surface area (TPSA) is 54.5 Å².